The molecule has 0 amide bonds. The van der Waals surface area contributed by atoms with Crippen LogP contribution in [0.3, 0.4) is 0 Å². The van der Waals surface area contributed by atoms with Crippen LogP contribution in [-0.4, -0.2) is 18.1 Å². The van der Waals surface area contributed by atoms with Crippen molar-refractivity contribution >= 4 is 11.3 Å². The molecule has 0 spiro atoms. The molecule has 100 valence electrons. The highest BCUT2D eigenvalue weighted by Crippen LogP contribution is 2.33. The molecule has 1 aromatic carbocycles. The fraction of sp³-hybridized carbons (Fsp3) is 0.400. The van der Waals surface area contributed by atoms with Gasteiger partial charge in [-0.15, -0.1) is 11.3 Å². The van der Waals surface area contributed by atoms with E-state index in [1.807, 2.05) is 23.5 Å². The molecular weight excluding hydrogens is 256 g/mol. The van der Waals surface area contributed by atoms with Crippen LogP contribution >= 0.6 is 11.3 Å². The number of hydrogen-bond donors (Lipinski definition) is 1. The molecule has 0 aliphatic heterocycles. The summed E-state index contributed by atoms with van der Waals surface area (Å²) in [7, 11) is 0. The average Bonchev–Trinajstić information content (AvgIpc) is 2.89. The first-order chi connectivity index (χ1) is 9.36. The Morgan fingerprint density at radius 1 is 1.16 bits per heavy atom. The second kappa shape index (κ2) is 5.72. The number of benzene rings is 1. The average molecular weight is 274 g/mol. The second-order valence-corrected chi connectivity index (χ2v) is 5.84. The van der Waals surface area contributed by atoms with Crippen LogP contribution in [-0.2, 0) is 12.8 Å². The van der Waals surface area contributed by atoms with Crippen LogP contribution in [0.1, 0.15) is 23.4 Å². The van der Waals surface area contributed by atoms with Crippen LogP contribution in [0.2, 0.25) is 0 Å². The van der Waals surface area contributed by atoms with Crippen molar-refractivity contribution in [3.8, 4) is 16.3 Å². The van der Waals surface area contributed by atoms with Crippen molar-refractivity contribution in [1.29, 1.82) is 0 Å². The highest BCUT2D eigenvalue weighted by atomic mass is 32.1. The fourth-order valence-electron chi connectivity index (χ4n) is 2.35. The predicted octanol–water partition coefficient (Wildman–Crippen LogP) is 3.03. The minimum absolute atomic E-state index is 0.543. The molecule has 2 aromatic rings. The first-order valence-corrected chi connectivity index (χ1v) is 7.60. The van der Waals surface area contributed by atoms with Gasteiger partial charge in [-0.2, -0.15) is 0 Å². The Hall–Kier alpha value is -1.39. The molecule has 0 saturated heterocycles. The zero-order valence-electron chi connectivity index (χ0n) is 10.9. The number of nitrogens with two attached hydrogens (primary N) is 1. The van der Waals surface area contributed by atoms with Gasteiger partial charge >= 0.3 is 0 Å². The molecule has 0 bridgehead atoms. The van der Waals surface area contributed by atoms with E-state index in [1.165, 1.54) is 35.4 Å². The Labute approximate surface area is 117 Å². The third-order valence-electron chi connectivity index (χ3n) is 3.33. The molecule has 1 aliphatic rings. The van der Waals surface area contributed by atoms with Crippen LogP contribution in [0, 0.1) is 0 Å². The number of thiazole rings is 1. The third kappa shape index (κ3) is 2.80. The zero-order valence-corrected chi connectivity index (χ0v) is 11.7. The Balaban J connectivity index is 1.79. The molecule has 0 fully saturated rings. The Bertz CT molecular complexity index is 524. The van der Waals surface area contributed by atoms with Crippen molar-refractivity contribution in [3.05, 3.63) is 34.8 Å². The van der Waals surface area contributed by atoms with Gasteiger partial charge in [-0.05, 0) is 49.9 Å². The molecule has 0 saturated carbocycles. The minimum atomic E-state index is 0.543. The number of nitrogens with zero attached hydrogens (tertiary/aromatic N) is 1. The normalized spacial score (nSPS) is 14.2. The highest BCUT2D eigenvalue weighted by Gasteiger charge is 2.15. The SMILES string of the molecule is NCCOc1ccc(-c2nc3c(s2)CCCC3)cc1. The summed E-state index contributed by atoms with van der Waals surface area (Å²) in [6, 6.07) is 8.14. The van der Waals surface area contributed by atoms with Crippen molar-refractivity contribution in [3.63, 3.8) is 0 Å². The fourth-order valence-corrected chi connectivity index (χ4v) is 3.50. The van der Waals surface area contributed by atoms with Gasteiger partial charge in [0.1, 0.15) is 17.4 Å². The Kier molecular flexibility index (Phi) is 3.80. The lowest BCUT2D eigenvalue weighted by Crippen LogP contribution is -2.10. The minimum Gasteiger partial charge on any atom is -0.492 e. The number of rotatable bonds is 4. The van der Waals surface area contributed by atoms with Crippen LogP contribution in [0.15, 0.2) is 24.3 Å². The number of fused-ring (bicyclic) bond motifs is 1. The van der Waals surface area contributed by atoms with Gasteiger partial charge in [0.05, 0.1) is 5.69 Å². The van der Waals surface area contributed by atoms with Gasteiger partial charge in [0.15, 0.2) is 0 Å². The van der Waals surface area contributed by atoms with Gasteiger partial charge in [0, 0.05) is 17.0 Å². The van der Waals surface area contributed by atoms with Gasteiger partial charge in [0.2, 0.25) is 0 Å². The molecule has 3 rings (SSSR count). The zero-order chi connectivity index (χ0) is 13.1. The Morgan fingerprint density at radius 2 is 1.95 bits per heavy atom. The summed E-state index contributed by atoms with van der Waals surface area (Å²) < 4.78 is 5.49. The van der Waals surface area contributed by atoms with E-state index in [0.717, 1.165) is 17.2 Å². The molecule has 1 aromatic heterocycles. The molecule has 3 nitrogen and oxygen atoms in total. The lowest BCUT2D eigenvalue weighted by molar-refractivity contribution is 0.328. The van der Waals surface area contributed by atoms with E-state index in [2.05, 4.69) is 12.1 Å². The summed E-state index contributed by atoms with van der Waals surface area (Å²) in [6.45, 7) is 1.10. The van der Waals surface area contributed by atoms with E-state index >= 15 is 0 Å². The van der Waals surface area contributed by atoms with Crippen molar-refractivity contribution in [2.75, 3.05) is 13.2 Å². The van der Waals surface area contributed by atoms with Gasteiger partial charge in [0.25, 0.3) is 0 Å². The predicted molar refractivity (Wildman–Crippen MR) is 78.7 cm³/mol. The van der Waals surface area contributed by atoms with E-state index in [9.17, 15) is 0 Å². The quantitative estimate of drug-likeness (QED) is 0.932. The summed E-state index contributed by atoms with van der Waals surface area (Å²) in [5.41, 5.74) is 7.91. The molecular formula is C15H18N2OS. The van der Waals surface area contributed by atoms with Crippen LogP contribution in [0.25, 0.3) is 10.6 Å². The van der Waals surface area contributed by atoms with E-state index in [0.29, 0.717) is 13.2 Å². The molecule has 4 heteroatoms. The lowest BCUT2D eigenvalue weighted by atomic mass is 10.0. The lowest BCUT2D eigenvalue weighted by Gasteiger charge is -2.06. The van der Waals surface area contributed by atoms with Crippen LogP contribution < -0.4 is 10.5 Å². The smallest absolute Gasteiger partial charge is 0.123 e. The molecule has 1 heterocycles. The maximum atomic E-state index is 5.49. The van der Waals surface area contributed by atoms with E-state index in [4.69, 9.17) is 15.5 Å². The first-order valence-electron chi connectivity index (χ1n) is 6.78. The van der Waals surface area contributed by atoms with E-state index in [-0.39, 0.29) is 0 Å². The summed E-state index contributed by atoms with van der Waals surface area (Å²) in [5, 5.41) is 1.14. The largest absolute Gasteiger partial charge is 0.492 e. The summed E-state index contributed by atoms with van der Waals surface area (Å²) in [4.78, 5) is 6.25. The highest BCUT2D eigenvalue weighted by molar-refractivity contribution is 7.15. The summed E-state index contributed by atoms with van der Waals surface area (Å²) in [6.07, 6.45) is 4.93. The number of aryl methyl sites for hydroxylation is 2. The molecule has 19 heavy (non-hydrogen) atoms. The van der Waals surface area contributed by atoms with Crippen LogP contribution in [0.4, 0.5) is 0 Å². The molecule has 0 unspecified atom stereocenters. The number of aromatic nitrogens is 1. The summed E-state index contributed by atoms with van der Waals surface area (Å²) in [5.74, 6) is 0.871. The van der Waals surface area contributed by atoms with Crippen molar-refractivity contribution < 1.29 is 4.74 Å². The maximum Gasteiger partial charge on any atom is 0.123 e. The third-order valence-corrected chi connectivity index (χ3v) is 4.54. The van der Waals surface area contributed by atoms with Crippen LogP contribution in [0.5, 0.6) is 5.75 Å². The molecule has 1 aliphatic carbocycles. The topological polar surface area (TPSA) is 48.1 Å². The second-order valence-electron chi connectivity index (χ2n) is 4.76. The number of ether oxygens (including phenoxy) is 1. The van der Waals surface area contributed by atoms with E-state index < -0.39 is 0 Å². The van der Waals surface area contributed by atoms with Crippen molar-refractivity contribution in [1.82, 2.24) is 4.98 Å². The van der Waals surface area contributed by atoms with Crippen molar-refractivity contribution in [2.24, 2.45) is 5.73 Å². The standard InChI is InChI=1S/C15H18N2OS/c16-9-10-18-12-7-5-11(6-8-12)15-17-13-3-1-2-4-14(13)19-15/h5-8H,1-4,9-10,16H2. The molecule has 0 atom stereocenters. The Morgan fingerprint density at radius 3 is 2.68 bits per heavy atom. The van der Waals surface area contributed by atoms with Gasteiger partial charge in [-0.25, -0.2) is 4.98 Å². The maximum absolute atomic E-state index is 5.49. The van der Waals surface area contributed by atoms with Gasteiger partial charge in [-0.1, -0.05) is 0 Å². The molecule has 2 N–H and O–H groups in total. The van der Waals surface area contributed by atoms with Gasteiger partial charge < -0.3 is 10.5 Å². The number of hydrogen-bond acceptors (Lipinski definition) is 4. The first kappa shape index (κ1) is 12.6. The van der Waals surface area contributed by atoms with E-state index in [1.54, 1.807) is 0 Å². The summed E-state index contributed by atoms with van der Waals surface area (Å²) >= 11 is 1.84. The van der Waals surface area contributed by atoms with Crippen molar-refractivity contribution in [2.45, 2.75) is 25.7 Å². The monoisotopic (exact) mass is 274 g/mol. The van der Waals surface area contributed by atoms with Gasteiger partial charge in [-0.3, -0.25) is 0 Å². The molecule has 0 radical (unpaired) electrons.